The maximum atomic E-state index is 9.37. The molecule has 0 aliphatic rings. The van der Waals surface area contributed by atoms with Gasteiger partial charge in [-0.15, -0.1) is 0 Å². The van der Waals surface area contributed by atoms with Crippen LogP contribution in [0.1, 0.15) is 0 Å². The molecule has 0 spiro atoms. The molecule has 1 unspecified atom stereocenters. The van der Waals surface area contributed by atoms with Crippen LogP contribution in [-0.4, -0.2) is 14.8 Å². The van der Waals surface area contributed by atoms with E-state index >= 15 is 0 Å². The highest BCUT2D eigenvalue weighted by Crippen LogP contribution is 1.56. The van der Waals surface area contributed by atoms with Gasteiger partial charge in [-0.25, -0.2) is 9.63 Å². The van der Waals surface area contributed by atoms with Crippen molar-refractivity contribution in [2.24, 2.45) is 5.10 Å². The molecule has 5 nitrogen and oxygen atoms in total. The van der Waals surface area contributed by atoms with Crippen molar-refractivity contribution in [1.29, 1.82) is 0 Å². The van der Waals surface area contributed by atoms with Crippen LogP contribution in [0.5, 0.6) is 0 Å². The third-order valence-electron chi connectivity index (χ3n) is 0.166. The topological polar surface area (TPSA) is 81.6 Å². The third kappa shape index (κ3) is 5.29. The van der Waals surface area contributed by atoms with Crippen molar-refractivity contribution in [3.63, 3.8) is 0 Å². The van der Waals surface area contributed by atoms with Gasteiger partial charge in [0.15, 0.2) is 0 Å². The molecule has 0 aromatic carbocycles. The highest BCUT2D eigenvalue weighted by molar-refractivity contribution is 7.77. The van der Waals surface area contributed by atoms with Crippen molar-refractivity contribution in [3.8, 4) is 0 Å². The molecule has 6 heteroatoms. The number of nitrogens with one attached hydrogen (secondary N) is 1. The zero-order valence-corrected chi connectivity index (χ0v) is 3.90. The molecule has 0 saturated carbocycles. The molecule has 0 aromatic rings. The molecule has 0 rings (SSSR count). The van der Waals surface area contributed by atoms with Gasteiger partial charge in [-0.1, -0.05) is 5.10 Å². The van der Waals surface area contributed by atoms with Crippen molar-refractivity contribution < 1.29 is 13.6 Å². The number of hydrazone groups is 1. The lowest BCUT2D eigenvalue weighted by molar-refractivity contribution is 0.522. The van der Waals surface area contributed by atoms with E-state index in [9.17, 15) is 8.76 Å². The summed E-state index contributed by atoms with van der Waals surface area (Å²) >= 11 is -2.49. The highest BCUT2D eigenvalue weighted by Gasteiger charge is 1.65. The predicted molar refractivity (Wildman–Crippen MR) is 20.2 cm³/mol. The van der Waals surface area contributed by atoms with Crippen LogP contribution in [0.4, 0.5) is 0 Å². The Bertz CT molecular complexity index is 116. The Kier molecular flexibility index (Phi) is 3.13. The smallest absolute Gasteiger partial charge is 0.258 e. The first-order valence-electron chi connectivity index (χ1n) is 1.19. The Balaban J connectivity index is 3.32. The first kappa shape index (κ1) is 6.29. The molecule has 7 heavy (non-hydrogen) atoms. The second-order valence-corrected chi connectivity index (χ2v) is 1.18. The van der Waals surface area contributed by atoms with Gasteiger partial charge in [0.05, 0.1) is 11.3 Å². The van der Waals surface area contributed by atoms with E-state index in [1.807, 2.05) is 0 Å². The molecule has 0 bridgehead atoms. The summed E-state index contributed by atoms with van der Waals surface area (Å²) < 4.78 is 18.7. The average molecular weight is 121 g/mol. The van der Waals surface area contributed by atoms with E-state index in [-0.39, 0.29) is 0 Å². The second-order valence-electron chi connectivity index (χ2n) is 0.529. The van der Waals surface area contributed by atoms with Gasteiger partial charge in [-0.2, -0.15) is 0 Å². The minimum absolute atomic E-state index is 0.970. The van der Waals surface area contributed by atoms with Gasteiger partial charge in [0, 0.05) is 0 Å². The van der Waals surface area contributed by atoms with Crippen molar-refractivity contribution in [2.75, 3.05) is 0 Å². The van der Waals surface area contributed by atoms with E-state index in [1.165, 1.54) is 4.83 Å². The van der Waals surface area contributed by atoms with Crippen LogP contribution < -0.4 is 4.83 Å². The molecule has 1 N–H and O–H groups in total. The fourth-order valence-electron chi connectivity index (χ4n) is 0.0559. The van der Waals surface area contributed by atoms with Crippen molar-refractivity contribution in [2.45, 2.75) is 0 Å². The van der Waals surface area contributed by atoms with E-state index in [2.05, 4.69) is 5.10 Å². The van der Waals surface area contributed by atoms with Crippen LogP contribution in [0.2, 0.25) is 0 Å². The summed E-state index contributed by atoms with van der Waals surface area (Å²) in [5, 5.41) is 2.50. The Morgan fingerprint density at radius 3 is 2.57 bits per heavy atom. The molecule has 0 amide bonds. The summed E-state index contributed by atoms with van der Waals surface area (Å²) in [4.78, 5) is 10.5. The summed E-state index contributed by atoms with van der Waals surface area (Å²) in [6.45, 7) is 0. The Labute approximate surface area is 41.8 Å². The first-order chi connectivity index (χ1) is 3.27. The summed E-state index contributed by atoms with van der Waals surface area (Å²) in [6, 6.07) is 0. The molecule has 0 aliphatic heterocycles. The van der Waals surface area contributed by atoms with E-state index < -0.39 is 11.3 Å². The minimum Gasteiger partial charge on any atom is -0.754 e. The molecule has 0 fully saturated rings. The Hall–Kier alpha value is -0.710. The Morgan fingerprint density at radius 1 is 1.86 bits per heavy atom. The lowest BCUT2D eigenvalue weighted by atomic mass is 11.6. The van der Waals surface area contributed by atoms with E-state index in [4.69, 9.17) is 4.79 Å². The normalized spacial score (nSPS) is 11.6. The van der Waals surface area contributed by atoms with Gasteiger partial charge in [-0.3, -0.25) is 4.21 Å². The van der Waals surface area contributed by atoms with E-state index in [1.54, 1.807) is 0 Å². The molecule has 0 heterocycles. The molecule has 0 aromatic heterocycles. The summed E-state index contributed by atoms with van der Waals surface area (Å²) in [5.74, 6) is 0. The van der Waals surface area contributed by atoms with Crippen LogP contribution in [0, 0.1) is 0 Å². The lowest BCUT2D eigenvalue weighted by Crippen LogP contribution is -2.06. The van der Waals surface area contributed by atoms with Gasteiger partial charge in [-0.05, 0) is 0 Å². The average Bonchev–Trinajstić information content (AvgIpc) is 1.61. The van der Waals surface area contributed by atoms with Gasteiger partial charge >= 0.3 is 0 Å². The van der Waals surface area contributed by atoms with Crippen molar-refractivity contribution in [1.82, 2.24) is 4.83 Å². The fraction of sp³-hybridized carbons (Fsp3) is 0. The predicted octanol–water partition coefficient (Wildman–Crippen LogP) is -1.38. The molecular weight excluding hydrogens is 120 g/mol. The molecular formula is CHN2O3S-. The SMILES string of the molecule is O=C=NNS(=O)[O-]. The number of hydrogen-bond acceptors (Lipinski definition) is 4. The number of carbonyl (C=O) groups excluding carboxylic acids is 1. The van der Waals surface area contributed by atoms with Crippen molar-refractivity contribution in [3.05, 3.63) is 0 Å². The van der Waals surface area contributed by atoms with Crippen LogP contribution >= 0.6 is 0 Å². The number of hydrogen-bond donors (Lipinski definition) is 1. The van der Waals surface area contributed by atoms with Gasteiger partial charge in [0.1, 0.15) is 0 Å². The van der Waals surface area contributed by atoms with Crippen molar-refractivity contribution >= 4 is 17.3 Å². The second kappa shape index (κ2) is 3.48. The maximum absolute atomic E-state index is 9.37. The lowest BCUT2D eigenvalue weighted by Gasteiger charge is -1.96. The van der Waals surface area contributed by atoms with Crippen LogP contribution in [-0.2, 0) is 16.1 Å². The maximum Gasteiger partial charge on any atom is 0.258 e. The van der Waals surface area contributed by atoms with Gasteiger partial charge < -0.3 is 4.55 Å². The van der Waals surface area contributed by atoms with Gasteiger partial charge in [0.2, 0.25) is 0 Å². The third-order valence-corrected chi connectivity index (χ3v) is 0.406. The zero-order valence-electron chi connectivity index (χ0n) is 3.08. The standard InChI is InChI=1S/CH2N2O3S/c4-1-2-3-7(5)6/h3H,(H,5,6)/p-1. The number of nitrogens with zero attached hydrogens (tertiary/aromatic N) is 1. The fourth-order valence-corrected chi connectivity index (χ4v) is 0.168. The minimum atomic E-state index is -2.49. The summed E-state index contributed by atoms with van der Waals surface area (Å²) in [5.41, 5.74) is 0. The van der Waals surface area contributed by atoms with Crippen LogP contribution in [0.25, 0.3) is 0 Å². The number of isocyanates is 1. The largest absolute Gasteiger partial charge is 0.754 e. The monoisotopic (exact) mass is 121 g/mol. The van der Waals surface area contributed by atoms with Gasteiger partial charge in [0.25, 0.3) is 6.08 Å². The molecule has 0 aliphatic carbocycles. The summed E-state index contributed by atoms with van der Waals surface area (Å²) in [6.07, 6.45) is 0.970. The molecule has 1 atom stereocenters. The molecule has 40 valence electrons. The Morgan fingerprint density at radius 2 is 2.43 bits per heavy atom. The summed E-state index contributed by atoms with van der Waals surface area (Å²) in [7, 11) is 0. The van der Waals surface area contributed by atoms with Crippen LogP contribution in [0.3, 0.4) is 0 Å². The zero-order chi connectivity index (χ0) is 5.70. The first-order valence-corrected chi connectivity index (χ1v) is 2.26. The number of rotatable bonds is 2. The molecule has 0 radical (unpaired) electrons. The van der Waals surface area contributed by atoms with E-state index in [0.717, 1.165) is 6.08 Å². The van der Waals surface area contributed by atoms with Crippen LogP contribution in [0.15, 0.2) is 5.10 Å². The highest BCUT2D eigenvalue weighted by atomic mass is 32.2. The quantitative estimate of drug-likeness (QED) is 0.211. The molecule has 0 saturated heterocycles. The van der Waals surface area contributed by atoms with E-state index in [0.29, 0.717) is 0 Å².